The first-order valence-corrected chi connectivity index (χ1v) is 5.05. The summed E-state index contributed by atoms with van der Waals surface area (Å²) in [6.07, 6.45) is 0. The number of hydrogen-bond donors (Lipinski definition) is 4. The molecule has 0 atom stereocenters. The van der Waals surface area contributed by atoms with Crippen LogP contribution in [0.25, 0.3) is 0 Å². The molecule has 0 spiro atoms. The van der Waals surface area contributed by atoms with E-state index in [9.17, 15) is 19.3 Å². The van der Waals surface area contributed by atoms with Crippen molar-refractivity contribution < 1.29 is 49.9 Å². The number of thiol groups is 2. The Bertz CT molecular complexity index is 491. The van der Waals surface area contributed by atoms with Gasteiger partial charge in [-0.05, 0) is 6.07 Å². The van der Waals surface area contributed by atoms with E-state index in [-0.39, 0.29) is 42.4 Å². The fourth-order valence-electron chi connectivity index (χ4n) is 0.838. The molecular weight excluding hydrogens is 308 g/mol. The molecule has 1 aromatic rings. The number of nitro benzene ring substituents is 1. The number of amides is 2. The topological polar surface area (TPSA) is 115 Å². The molecular formula is C8H9FN3NaO4S2. The van der Waals surface area contributed by atoms with Crippen molar-refractivity contribution in [2.24, 2.45) is 5.73 Å². The monoisotopic (exact) mass is 317 g/mol. The van der Waals surface area contributed by atoms with Crippen molar-refractivity contribution >= 4 is 47.1 Å². The SMILES string of the molecule is NC(=O)S.O=C(S)Nc1cc([N+](=O)[O-])ccc1F.[H-].[Na+]. The number of primary amides is 1. The molecule has 100 valence electrons. The average molecular weight is 317 g/mol. The Morgan fingerprint density at radius 1 is 1.42 bits per heavy atom. The number of halogens is 1. The first-order chi connectivity index (χ1) is 8.23. The van der Waals surface area contributed by atoms with Gasteiger partial charge in [0.25, 0.3) is 16.2 Å². The van der Waals surface area contributed by atoms with Crippen molar-refractivity contribution in [2.75, 3.05) is 5.32 Å². The van der Waals surface area contributed by atoms with Gasteiger partial charge >= 0.3 is 29.6 Å². The smallest absolute Gasteiger partial charge is 1.00 e. The van der Waals surface area contributed by atoms with E-state index >= 15 is 0 Å². The van der Waals surface area contributed by atoms with Gasteiger partial charge in [-0.15, -0.1) is 0 Å². The van der Waals surface area contributed by atoms with E-state index in [1.54, 1.807) is 0 Å². The molecule has 0 saturated heterocycles. The molecule has 19 heavy (non-hydrogen) atoms. The number of carbonyl (C=O) groups excluding carboxylic acids is 2. The number of nitrogens with two attached hydrogens (primary N) is 1. The van der Waals surface area contributed by atoms with Crippen molar-refractivity contribution in [2.45, 2.75) is 0 Å². The van der Waals surface area contributed by atoms with Gasteiger partial charge in [0.2, 0.25) is 0 Å². The Hall–Kier alpha value is -0.810. The maximum atomic E-state index is 12.9. The standard InChI is InChI=1S/C7H5FN2O3S.CH3NOS.Na.H/c8-5-2-1-4(10(12)13)3-6(5)9-7(11)14;2-1(3)4;;/h1-3H,(H2,9,11,14);(H3,2,3,4);;/q;;+1;-1. The summed E-state index contributed by atoms with van der Waals surface area (Å²) in [5.74, 6) is -0.752. The number of rotatable bonds is 2. The molecule has 0 heterocycles. The van der Waals surface area contributed by atoms with Gasteiger partial charge in [0.05, 0.1) is 10.6 Å². The molecule has 3 N–H and O–H groups in total. The van der Waals surface area contributed by atoms with Gasteiger partial charge in [-0.1, -0.05) is 25.3 Å². The van der Waals surface area contributed by atoms with Crippen LogP contribution in [0, 0.1) is 15.9 Å². The van der Waals surface area contributed by atoms with Gasteiger partial charge < -0.3 is 12.5 Å². The molecule has 11 heteroatoms. The third-order valence-corrected chi connectivity index (χ3v) is 1.51. The predicted octanol–water partition coefficient (Wildman–Crippen LogP) is -0.693. The first kappa shape index (κ1) is 20.5. The van der Waals surface area contributed by atoms with Gasteiger partial charge in [0.15, 0.2) is 0 Å². The molecule has 0 aliphatic carbocycles. The van der Waals surface area contributed by atoms with Crippen molar-refractivity contribution in [1.29, 1.82) is 0 Å². The van der Waals surface area contributed by atoms with E-state index in [1.165, 1.54) is 0 Å². The molecule has 0 aliphatic heterocycles. The summed E-state index contributed by atoms with van der Waals surface area (Å²) in [6, 6.07) is 2.82. The second-order valence-electron chi connectivity index (χ2n) is 2.69. The van der Waals surface area contributed by atoms with Crippen LogP contribution in [0.5, 0.6) is 0 Å². The maximum absolute atomic E-state index is 12.9. The second-order valence-corrected chi connectivity index (χ2v) is 3.54. The quantitative estimate of drug-likeness (QED) is 0.250. The van der Waals surface area contributed by atoms with E-state index in [0.717, 1.165) is 18.2 Å². The minimum absolute atomic E-state index is 0. The number of non-ortho nitro benzene ring substituents is 1. The average Bonchev–Trinajstić information content (AvgIpc) is 2.19. The number of nitro groups is 1. The number of nitrogens with one attached hydrogen (secondary N) is 1. The van der Waals surface area contributed by atoms with E-state index in [4.69, 9.17) is 4.79 Å². The maximum Gasteiger partial charge on any atom is 1.00 e. The van der Waals surface area contributed by atoms with Crippen LogP contribution in [0.15, 0.2) is 18.2 Å². The van der Waals surface area contributed by atoms with E-state index in [2.05, 4.69) is 31.0 Å². The van der Waals surface area contributed by atoms with E-state index in [1.807, 2.05) is 5.32 Å². The van der Waals surface area contributed by atoms with Gasteiger partial charge in [-0.2, -0.15) is 0 Å². The third-order valence-electron chi connectivity index (χ3n) is 1.40. The van der Waals surface area contributed by atoms with Crippen LogP contribution >= 0.6 is 25.3 Å². The van der Waals surface area contributed by atoms with Crippen molar-refractivity contribution in [3.63, 3.8) is 0 Å². The van der Waals surface area contributed by atoms with Gasteiger partial charge in [-0.25, -0.2) is 4.39 Å². The number of hydrogen-bond acceptors (Lipinski definition) is 4. The Balaban J connectivity index is -0.000000429. The number of carbonyl (C=O) groups is 2. The minimum Gasteiger partial charge on any atom is -1.00 e. The van der Waals surface area contributed by atoms with E-state index in [0.29, 0.717) is 0 Å². The van der Waals surface area contributed by atoms with Crippen LogP contribution in [0.3, 0.4) is 0 Å². The molecule has 0 aliphatic rings. The summed E-state index contributed by atoms with van der Waals surface area (Å²) in [5, 5.41) is 10.9. The molecule has 0 saturated carbocycles. The Labute approximate surface area is 141 Å². The Kier molecular flexibility index (Phi) is 10.8. The molecule has 1 aromatic carbocycles. The predicted molar refractivity (Wildman–Crippen MR) is 70.7 cm³/mol. The van der Waals surface area contributed by atoms with Crippen molar-refractivity contribution in [3.05, 3.63) is 34.1 Å². The summed E-state index contributed by atoms with van der Waals surface area (Å²) in [4.78, 5) is 29.2. The zero-order valence-electron chi connectivity index (χ0n) is 10.7. The zero-order valence-corrected chi connectivity index (χ0v) is 13.5. The summed E-state index contributed by atoms with van der Waals surface area (Å²) < 4.78 is 12.9. The van der Waals surface area contributed by atoms with Crippen LogP contribution in [-0.4, -0.2) is 15.4 Å². The van der Waals surface area contributed by atoms with Gasteiger partial charge in [-0.3, -0.25) is 19.7 Å². The molecule has 0 fully saturated rings. The molecule has 0 aromatic heterocycles. The molecule has 2 amide bonds. The zero-order chi connectivity index (χ0) is 14.3. The third kappa shape index (κ3) is 9.73. The van der Waals surface area contributed by atoms with Crippen molar-refractivity contribution in [1.82, 2.24) is 0 Å². The summed E-state index contributed by atoms with van der Waals surface area (Å²) >= 11 is 6.46. The van der Waals surface area contributed by atoms with Crippen molar-refractivity contribution in [3.8, 4) is 0 Å². The fourth-order valence-corrected chi connectivity index (χ4v) is 0.958. The number of nitrogens with zero attached hydrogens (tertiary/aromatic N) is 1. The molecule has 0 unspecified atom stereocenters. The van der Waals surface area contributed by atoms with Crippen LogP contribution in [0.2, 0.25) is 0 Å². The molecule has 7 nitrogen and oxygen atoms in total. The first-order valence-electron chi connectivity index (χ1n) is 4.16. The van der Waals surface area contributed by atoms with E-state index < -0.39 is 21.2 Å². The number of benzene rings is 1. The van der Waals surface area contributed by atoms with Crippen LogP contribution in [0.1, 0.15) is 1.43 Å². The summed E-state index contributed by atoms with van der Waals surface area (Å²) in [7, 11) is 0. The Morgan fingerprint density at radius 3 is 2.26 bits per heavy atom. The Morgan fingerprint density at radius 2 is 1.89 bits per heavy atom. The molecule has 1 rings (SSSR count). The molecule has 0 bridgehead atoms. The van der Waals surface area contributed by atoms with Gasteiger partial charge in [0, 0.05) is 12.1 Å². The minimum atomic E-state index is -0.788. The van der Waals surface area contributed by atoms with Crippen LogP contribution in [-0.2, 0) is 0 Å². The van der Waals surface area contributed by atoms with Gasteiger partial charge in [0.1, 0.15) is 5.82 Å². The fraction of sp³-hybridized carbons (Fsp3) is 0. The van der Waals surface area contributed by atoms with Crippen LogP contribution in [0.4, 0.5) is 25.4 Å². The summed E-state index contributed by atoms with van der Waals surface area (Å²) in [5.41, 5.74) is 3.77. The normalized spacial score (nSPS) is 8.37. The van der Waals surface area contributed by atoms with Crippen LogP contribution < -0.4 is 40.6 Å². The second kappa shape index (κ2) is 10.0. The molecule has 0 radical (unpaired) electrons. The number of anilines is 1. The largest absolute Gasteiger partial charge is 1.00 e. The summed E-state index contributed by atoms with van der Waals surface area (Å²) in [6.45, 7) is 0.